The predicted octanol–water partition coefficient (Wildman–Crippen LogP) is 3.48. The number of hydrogen-bond donors (Lipinski definition) is 1. The van der Waals surface area contributed by atoms with E-state index in [0.29, 0.717) is 23.8 Å². The molecule has 3 rings (SSSR count). The van der Waals surface area contributed by atoms with Crippen LogP contribution in [0.3, 0.4) is 0 Å². The average molecular weight is 436 g/mol. The molecule has 29 heavy (non-hydrogen) atoms. The Labute approximate surface area is 180 Å². The molecule has 0 bridgehead atoms. The largest absolute Gasteiger partial charge is 0.377 e. The fourth-order valence-electron chi connectivity index (χ4n) is 3.25. The lowest BCUT2D eigenvalue weighted by atomic mass is 10.2. The third-order valence-electron chi connectivity index (χ3n) is 4.76. The van der Waals surface area contributed by atoms with Crippen molar-refractivity contribution in [2.75, 3.05) is 38.6 Å². The van der Waals surface area contributed by atoms with Crippen molar-refractivity contribution in [3.05, 3.63) is 51.7 Å². The lowest BCUT2D eigenvalue weighted by Gasteiger charge is -2.26. The number of hydrogen-bond acceptors (Lipinski definition) is 5. The van der Waals surface area contributed by atoms with Gasteiger partial charge in [0.15, 0.2) is 0 Å². The quantitative estimate of drug-likeness (QED) is 0.655. The van der Waals surface area contributed by atoms with Gasteiger partial charge in [0.2, 0.25) is 11.8 Å². The minimum absolute atomic E-state index is 0.0309. The van der Waals surface area contributed by atoms with Gasteiger partial charge >= 0.3 is 0 Å². The van der Waals surface area contributed by atoms with Crippen molar-refractivity contribution in [3.63, 3.8) is 0 Å². The molecule has 0 spiro atoms. The molecule has 1 N–H and O–H groups in total. The molecule has 1 saturated heterocycles. The molecule has 1 aliphatic heterocycles. The highest BCUT2D eigenvalue weighted by molar-refractivity contribution is 7.09. The van der Waals surface area contributed by atoms with Gasteiger partial charge in [-0.1, -0.05) is 29.8 Å². The third-order valence-corrected chi connectivity index (χ3v) is 5.95. The third kappa shape index (κ3) is 6.82. The van der Waals surface area contributed by atoms with E-state index in [-0.39, 0.29) is 31.0 Å². The lowest BCUT2D eigenvalue weighted by molar-refractivity contribution is -0.134. The van der Waals surface area contributed by atoms with Gasteiger partial charge in [-0.2, -0.15) is 0 Å². The highest BCUT2D eigenvalue weighted by Gasteiger charge is 2.23. The maximum Gasteiger partial charge on any atom is 0.244 e. The molecular weight excluding hydrogens is 410 g/mol. The summed E-state index contributed by atoms with van der Waals surface area (Å²) in [5.74, 6) is -0.383. The number of benzene rings is 1. The molecule has 0 saturated carbocycles. The number of likely N-dealkylation sites (N-methyl/N-ethyl adjacent to an activating group) is 1. The fraction of sp³-hybridized carbons (Fsp3) is 0.429. The molecule has 1 aromatic carbocycles. The van der Waals surface area contributed by atoms with Gasteiger partial charge in [-0.25, -0.2) is 0 Å². The van der Waals surface area contributed by atoms with Crippen molar-refractivity contribution in [1.29, 1.82) is 0 Å². The van der Waals surface area contributed by atoms with Gasteiger partial charge < -0.3 is 15.0 Å². The van der Waals surface area contributed by atoms with Crippen molar-refractivity contribution < 1.29 is 14.3 Å². The monoisotopic (exact) mass is 435 g/mol. The first-order chi connectivity index (χ1) is 14.0. The molecule has 0 aliphatic carbocycles. The summed E-state index contributed by atoms with van der Waals surface area (Å²) in [6, 6.07) is 11.1. The lowest BCUT2D eigenvalue weighted by Crippen LogP contribution is -2.43. The zero-order chi connectivity index (χ0) is 20.6. The van der Waals surface area contributed by atoms with Gasteiger partial charge in [-0.3, -0.25) is 14.5 Å². The summed E-state index contributed by atoms with van der Waals surface area (Å²) in [6.07, 6.45) is 2.25. The number of anilines is 1. The zero-order valence-electron chi connectivity index (χ0n) is 16.5. The number of ether oxygens (including phenoxy) is 1. The van der Waals surface area contributed by atoms with Gasteiger partial charge in [-0.05, 0) is 36.4 Å². The van der Waals surface area contributed by atoms with E-state index in [1.807, 2.05) is 11.4 Å². The second-order valence-electron chi connectivity index (χ2n) is 7.16. The van der Waals surface area contributed by atoms with Gasteiger partial charge in [0.1, 0.15) is 0 Å². The topological polar surface area (TPSA) is 61.9 Å². The molecule has 1 atom stereocenters. The number of nitrogens with one attached hydrogen (secondary N) is 1. The van der Waals surface area contributed by atoms with E-state index >= 15 is 0 Å². The van der Waals surface area contributed by atoms with Crippen LogP contribution in [0.25, 0.3) is 0 Å². The van der Waals surface area contributed by atoms with Crippen LogP contribution in [0.5, 0.6) is 0 Å². The number of thiophene rings is 1. The molecule has 0 unspecified atom stereocenters. The van der Waals surface area contributed by atoms with Gasteiger partial charge in [0, 0.05) is 31.6 Å². The van der Waals surface area contributed by atoms with Crippen molar-refractivity contribution in [2.24, 2.45) is 0 Å². The van der Waals surface area contributed by atoms with E-state index in [0.717, 1.165) is 19.4 Å². The molecule has 1 fully saturated rings. The van der Waals surface area contributed by atoms with Gasteiger partial charge in [0.25, 0.3) is 0 Å². The minimum atomic E-state index is -0.280. The summed E-state index contributed by atoms with van der Waals surface area (Å²) in [6.45, 7) is 2.41. The van der Waals surface area contributed by atoms with E-state index in [9.17, 15) is 9.59 Å². The summed E-state index contributed by atoms with van der Waals surface area (Å²) in [5.41, 5.74) is 0.540. The summed E-state index contributed by atoms with van der Waals surface area (Å²) >= 11 is 7.75. The van der Waals surface area contributed by atoms with E-state index in [4.69, 9.17) is 16.3 Å². The minimum Gasteiger partial charge on any atom is -0.377 e. The van der Waals surface area contributed by atoms with Crippen molar-refractivity contribution >= 4 is 40.4 Å². The number of halogens is 1. The Bertz CT molecular complexity index is 809. The second kappa shape index (κ2) is 10.7. The van der Waals surface area contributed by atoms with Crippen LogP contribution in [-0.2, 0) is 20.9 Å². The van der Waals surface area contributed by atoms with Crippen molar-refractivity contribution in [3.8, 4) is 0 Å². The van der Waals surface area contributed by atoms with Gasteiger partial charge in [0.05, 0.1) is 29.9 Å². The number of rotatable bonds is 9. The molecule has 8 heteroatoms. The van der Waals surface area contributed by atoms with Crippen LogP contribution >= 0.6 is 22.9 Å². The predicted molar refractivity (Wildman–Crippen MR) is 116 cm³/mol. The standard InChI is InChI=1S/C21H26ClN3O3S/c1-24(14-20(26)23-19-9-3-2-8-18(19)22)21(27)15-25(12-16-6-4-10-28-16)13-17-7-5-11-29-17/h2-3,5,7-9,11,16H,4,6,10,12-15H2,1H3,(H,23,26)/t16-/m0/s1. The van der Waals surface area contributed by atoms with Crippen LogP contribution in [0.15, 0.2) is 41.8 Å². The molecule has 2 amide bonds. The summed E-state index contributed by atoms with van der Waals surface area (Å²) in [5, 5.41) is 5.25. The van der Waals surface area contributed by atoms with E-state index < -0.39 is 0 Å². The van der Waals surface area contributed by atoms with E-state index in [1.54, 1.807) is 42.6 Å². The molecule has 2 heterocycles. The summed E-state index contributed by atoms with van der Waals surface area (Å²) in [4.78, 5) is 29.8. The normalized spacial score (nSPS) is 16.2. The van der Waals surface area contributed by atoms with E-state index in [2.05, 4.69) is 16.3 Å². The smallest absolute Gasteiger partial charge is 0.244 e. The molecular formula is C21H26ClN3O3S. The molecule has 1 aromatic heterocycles. The van der Waals surface area contributed by atoms with Crippen LogP contribution < -0.4 is 5.32 Å². The summed E-state index contributed by atoms with van der Waals surface area (Å²) in [7, 11) is 1.64. The Morgan fingerprint density at radius 2 is 2.07 bits per heavy atom. The molecule has 0 radical (unpaired) electrons. The molecule has 1 aliphatic rings. The highest BCUT2D eigenvalue weighted by Crippen LogP contribution is 2.20. The number of amides is 2. The molecule has 6 nitrogen and oxygen atoms in total. The van der Waals surface area contributed by atoms with Crippen molar-refractivity contribution in [2.45, 2.75) is 25.5 Å². The number of carbonyl (C=O) groups is 2. The number of carbonyl (C=O) groups excluding carboxylic acids is 2. The first kappa shape index (κ1) is 21.8. The molecule has 2 aromatic rings. The van der Waals surface area contributed by atoms with Crippen LogP contribution in [0.4, 0.5) is 5.69 Å². The maximum atomic E-state index is 12.8. The zero-order valence-corrected chi connectivity index (χ0v) is 18.0. The first-order valence-corrected chi connectivity index (χ1v) is 10.9. The number of nitrogens with zero attached hydrogens (tertiary/aromatic N) is 2. The fourth-order valence-corrected chi connectivity index (χ4v) is 4.18. The Kier molecular flexibility index (Phi) is 8.06. The average Bonchev–Trinajstić information content (AvgIpc) is 3.37. The summed E-state index contributed by atoms with van der Waals surface area (Å²) < 4.78 is 5.75. The highest BCUT2D eigenvalue weighted by atomic mass is 35.5. The van der Waals surface area contributed by atoms with Gasteiger partial charge in [-0.15, -0.1) is 11.3 Å². The van der Waals surface area contributed by atoms with Crippen LogP contribution in [-0.4, -0.2) is 61.0 Å². The maximum absolute atomic E-state index is 12.8. The Hall–Kier alpha value is -1.93. The van der Waals surface area contributed by atoms with Crippen molar-refractivity contribution in [1.82, 2.24) is 9.80 Å². The Morgan fingerprint density at radius 3 is 2.76 bits per heavy atom. The molecule has 156 valence electrons. The second-order valence-corrected chi connectivity index (χ2v) is 8.60. The van der Waals surface area contributed by atoms with Crippen LogP contribution in [0.1, 0.15) is 17.7 Å². The van der Waals surface area contributed by atoms with Crippen LogP contribution in [0, 0.1) is 0 Å². The Morgan fingerprint density at radius 1 is 1.24 bits per heavy atom. The van der Waals surface area contributed by atoms with E-state index in [1.165, 1.54) is 9.78 Å². The number of para-hydroxylation sites is 1. The Balaban J connectivity index is 1.54. The SMILES string of the molecule is CN(CC(=O)Nc1ccccc1Cl)C(=O)CN(Cc1cccs1)C[C@@H]1CCCO1. The first-order valence-electron chi connectivity index (χ1n) is 9.66. The van der Waals surface area contributed by atoms with Crippen LogP contribution in [0.2, 0.25) is 5.02 Å².